The Balaban J connectivity index is 2.46. The van der Waals surface area contributed by atoms with E-state index in [-0.39, 0.29) is 5.65 Å². The van der Waals surface area contributed by atoms with Crippen molar-refractivity contribution in [1.29, 1.82) is 0 Å². The van der Waals surface area contributed by atoms with Crippen molar-refractivity contribution in [2.24, 2.45) is 0 Å². The summed E-state index contributed by atoms with van der Waals surface area (Å²) >= 11 is 0. The zero-order valence-electron chi connectivity index (χ0n) is 8.41. The number of alkyl halides is 3. The molecule has 0 fully saturated rings. The Kier molecular flexibility index (Phi) is 2.55. The normalized spacial score (nSPS) is 12.2. The topological polar surface area (TPSA) is 42.2 Å². The quantitative estimate of drug-likeness (QED) is 0.849. The molecule has 0 aliphatic rings. The lowest BCUT2D eigenvalue weighted by Gasteiger charge is -2.00. The number of halogens is 3. The molecule has 0 spiro atoms. The van der Waals surface area contributed by atoms with Crippen LogP contribution in [-0.2, 0) is 12.7 Å². The maximum absolute atomic E-state index is 12.4. The Morgan fingerprint density at radius 3 is 2.81 bits per heavy atom. The molecule has 0 atom stereocenters. The average molecular weight is 230 g/mol. The molecular weight excluding hydrogens is 221 g/mol. The van der Waals surface area contributed by atoms with Crippen LogP contribution < -0.4 is 5.32 Å². The van der Waals surface area contributed by atoms with E-state index in [1.165, 1.54) is 12.4 Å². The van der Waals surface area contributed by atoms with Crippen molar-refractivity contribution in [3.8, 4) is 0 Å². The standard InChI is InChI=1S/C9H9F3N4/c1-13-3-6-4-14-8-2-7(9(10,11)12)15-16(8)5-6/h2,4-5,13H,3H2,1H3. The van der Waals surface area contributed by atoms with Crippen LogP contribution in [-0.4, -0.2) is 21.6 Å². The molecule has 86 valence electrons. The summed E-state index contributed by atoms with van der Waals surface area (Å²) in [6.07, 6.45) is -1.39. The van der Waals surface area contributed by atoms with E-state index in [4.69, 9.17) is 0 Å². The fourth-order valence-electron chi connectivity index (χ4n) is 1.35. The Morgan fingerprint density at radius 1 is 1.44 bits per heavy atom. The predicted octanol–water partition coefficient (Wildman–Crippen LogP) is 1.47. The van der Waals surface area contributed by atoms with Gasteiger partial charge in [0.25, 0.3) is 0 Å². The van der Waals surface area contributed by atoms with Gasteiger partial charge in [-0.2, -0.15) is 18.3 Å². The molecule has 0 aliphatic heterocycles. The van der Waals surface area contributed by atoms with Crippen LogP contribution in [0.25, 0.3) is 5.65 Å². The minimum absolute atomic E-state index is 0.187. The van der Waals surface area contributed by atoms with Crippen molar-refractivity contribution in [2.45, 2.75) is 12.7 Å². The molecule has 0 saturated carbocycles. The minimum Gasteiger partial charge on any atom is -0.316 e. The van der Waals surface area contributed by atoms with Gasteiger partial charge in [0.05, 0.1) is 0 Å². The maximum Gasteiger partial charge on any atom is 0.435 e. The van der Waals surface area contributed by atoms with Gasteiger partial charge in [0, 0.05) is 30.6 Å². The van der Waals surface area contributed by atoms with Gasteiger partial charge in [0.1, 0.15) is 0 Å². The Labute approximate surface area is 89.1 Å². The van der Waals surface area contributed by atoms with Crippen LogP contribution in [0.3, 0.4) is 0 Å². The Morgan fingerprint density at radius 2 is 2.19 bits per heavy atom. The van der Waals surface area contributed by atoms with Gasteiger partial charge in [-0.15, -0.1) is 0 Å². The predicted molar refractivity (Wildman–Crippen MR) is 50.8 cm³/mol. The van der Waals surface area contributed by atoms with Gasteiger partial charge in [-0.25, -0.2) is 9.50 Å². The molecule has 16 heavy (non-hydrogen) atoms. The Bertz CT molecular complexity index is 503. The minimum atomic E-state index is -4.43. The van der Waals surface area contributed by atoms with Crippen molar-refractivity contribution >= 4 is 5.65 Å². The molecule has 4 nitrogen and oxygen atoms in total. The highest BCUT2D eigenvalue weighted by Gasteiger charge is 2.34. The van der Waals surface area contributed by atoms with Crippen LogP contribution >= 0.6 is 0 Å². The third-order valence-electron chi connectivity index (χ3n) is 2.04. The molecule has 0 aliphatic carbocycles. The van der Waals surface area contributed by atoms with E-state index in [1.54, 1.807) is 7.05 Å². The zero-order valence-corrected chi connectivity index (χ0v) is 8.41. The third kappa shape index (κ3) is 1.99. The van der Waals surface area contributed by atoms with E-state index in [1.807, 2.05) is 0 Å². The number of hydrogen-bond donors (Lipinski definition) is 1. The van der Waals surface area contributed by atoms with Gasteiger partial charge >= 0.3 is 6.18 Å². The molecule has 2 aromatic rings. The summed E-state index contributed by atoms with van der Waals surface area (Å²) in [5, 5.41) is 6.31. The van der Waals surface area contributed by atoms with Gasteiger partial charge < -0.3 is 5.32 Å². The number of fused-ring (bicyclic) bond motifs is 1. The smallest absolute Gasteiger partial charge is 0.316 e. The van der Waals surface area contributed by atoms with Crippen molar-refractivity contribution < 1.29 is 13.2 Å². The summed E-state index contributed by atoms with van der Waals surface area (Å²) < 4.78 is 38.2. The van der Waals surface area contributed by atoms with Gasteiger partial charge in [0.15, 0.2) is 11.3 Å². The monoisotopic (exact) mass is 230 g/mol. The average Bonchev–Trinajstić information content (AvgIpc) is 2.60. The van der Waals surface area contributed by atoms with Crippen molar-refractivity contribution in [3.05, 3.63) is 29.7 Å². The zero-order chi connectivity index (χ0) is 11.8. The van der Waals surface area contributed by atoms with E-state index < -0.39 is 11.9 Å². The van der Waals surface area contributed by atoms with Crippen LogP contribution in [0.2, 0.25) is 0 Å². The van der Waals surface area contributed by atoms with E-state index in [0.717, 1.165) is 16.1 Å². The second kappa shape index (κ2) is 3.75. The van der Waals surface area contributed by atoms with Crippen LogP contribution in [0.15, 0.2) is 18.5 Å². The highest BCUT2D eigenvalue weighted by Crippen LogP contribution is 2.28. The molecule has 2 rings (SSSR count). The molecule has 0 unspecified atom stereocenters. The second-order valence-corrected chi connectivity index (χ2v) is 3.32. The molecule has 0 aromatic carbocycles. The van der Waals surface area contributed by atoms with Gasteiger partial charge in [0.2, 0.25) is 0 Å². The lowest BCUT2D eigenvalue weighted by atomic mass is 10.3. The number of nitrogens with one attached hydrogen (secondary N) is 1. The fraction of sp³-hybridized carbons (Fsp3) is 0.333. The molecule has 1 N–H and O–H groups in total. The molecule has 2 heterocycles. The molecule has 0 saturated heterocycles. The fourth-order valence-corrected chi connectivity index (χ4v) is 1.35. The third-order valence-corrected chi connectivity index (χ3v) is 2.04. The van der Waals surface area contributed by atoms with Crippen molar-refractivity contribution in [2.75, 3.05) is 7.05 Å². The lowest BCUT2D eigenvalue weighted by Crippen LogP contribution is -2.07. The number of aromatic nitrogens is 3. The molecule has 0 amide bonds. The molecule has 0 bridgehead atoms. The van der Waals surface area contributed by atoms with Gasteiger partial charge in [-0.1, -0.05) is 0 Å². The van der Waals surface area contributed by atoms with E-state index in [2.05, 4.69) is 15.4 Å². The van der Waals surface area contributed by atoms with Crippen LogP contribution in [0.5, 0.6) is 0 Å². The van der Waals surface area contributed by atoms with Crippen LogP contribution in [0.1, 0.15) is 11.3 Å². The molecule has 7 heteroatoms. The van der Waals surface area contributed by atoms with E-state index in [0.29, 0.717) is 6.54 Å². The maximum atomic E-state index is 12.4. The van der Waals surface area contributed by atoms with Gasteiger partial charge in [-0.05, 0) is 7.05 Å². The van der Waals surface area contributed by atoms with Crippen molar-refractivity contribution in [1.82, 2.24) is 19.9 Å². The molecular formula is C9H9F3N4. The van der Waals surface area contributed by atoms with E-state index in [9.17, 15) is 13.2 Å². The van der Waals surface area contributed by atoms with Crippen LogP contribution in [0, 0.1) is 0 Å². The summed E-state index contributed by atoms with van der Waals surface area (Å²) in [4.78, 5) is 3.89. The summed E-state index contributed by atoms with van der Waals surface area (Å²) in [7, 11) is 1.74. The molecule has 2 aromatic heterocycles. The van der Waals surface area contributed by atoms with Crippen LogP contribution in [0.4, 0.5) is 13.2 Å². The second-order valence-electron chi connectivity index (χ2n) is 3.32. The summed E-state index contributed by atoms with van der Waals surface area (Å²) in [6, 6.07) is 0.920. The summed E-state index contributed by atoms with van der Waals surface area (Å²) in [5.41, 5.74) is 0.0283. The highest BCUT2D eigenvalue weighted by molar-refractivity contribution is 5.40. The number of rotatable bonds is 2. The first-order valence-electron chi connectivity index (χ1n) is 4.57. The number of nitrogens with zero attached hydrogens (tertiary/aromatic N) is 3. The summed E-state index contributed by atoms with van der Waals surface area (Å²) in [6.45, 7) is 0.532. The van der Waals surface area contributed by atoms with Crippen molar-refractivity contribution in [3.63, 3.8) is 0 Å². The lowest BCUT2D eigenvalue weighted by molar-refractivity contribution is -0.141. The SMILES string of the molecule is CNCc1cnc2cc(C(F)(F)F)nn2c1. The largest absolute Gasteiger partial charge is 0.435 e. The molecule has 0 radical (unpaired) electrons. The first kappa shape index (κ1) is 10.9. The summed E-state index contributed by atoms with van der Waals surface area (Å²) in [5.74, 6) is 0. The van der Waals surface area contributed by atoms with Gasteiger partial charge in [-0.3, -0.25) is 0 Å². The highest BCUT2D eigenvalue weighted by atomic mass is 19.4. The first-order valence-corrected chi connectivity index (χ1v) is 4.57. The van der Waals surface area contributed by atoms with E-state index >= 15 is 0 Å². The Hall–Kier alpha value is -1.63. The first-order chi connectivity index (χ1) is 7.50. The number of hydrogen-bond acceptors (Lipinski definition) is 3.